The molecule has 0 saturated heterocycles. The Bertz CT molecular complexity index is 800. The second kappa shape index (κ2) is 8.49. The van der Waals surface area contributed by atoms with Gasteiger partial charge in [-0.25, -0.2) is 8.42 Å². The summed E-state index contributed by atoms with van der Waals surface area (Å²) in [7, 11) is -2.86. The molecule has 0 aliphatic rings. The van der Waals surface area contributed by atoms with Crippen molar-refractivity contribution in [2.75, 3.05) is 34.2 Å². The van der Waals surface area contributed by atoms with Crippen LogP contribution in [0.25, 0.3) is 4.72 Å². The van der Waals surface area contributed by atoms with E-state index in [1.54, 1.807) is 0 Å². The van der Waals surface area contributed by atoms with Crippen LogP contribution in [0, 0.1) is 0 Å². The van der Waals surface area contributed by atoms with Gasteiger partial charge in [0, 0.05) is 0 Å². The Hall–Kier alpha value is -1.18. The zero-order valence-electron chi connectivity index (χ0n) is 16.4. The first-order valence-corrected chi connectivity index (χ1v) is 9.47. The zero-order valence-corrected chi connectivity index (χ0v) is 17.2. The Labute approximate surface area is 176 Å². The molecule has 0 heterocycles. The van der Waals surface area contributed by atoms with Crippen LogP contribution in [0.1, 0.15) is 6.42 Å². The quantitative estimate of drug-likeness (QED) is 0.205. The van der Waals surface area contributed by atoms with Crippen molar-refractivity contribution in [2.45, 2.75) is 47.5 Å². The first-order valence-electron chi connectivity index (χ1n) is 8.03. The third-order valence-electron chi connectivity index (χ3n) is 3.87. The number of rotatable bonds is 11. The molecule has 0 N–H and O–H groups in total. The Morgan fingerprint density at radius 1 is 0.606 bits per heavy atom. The molecule has 0 aliphatic heterocycles. The van der Waals surface area contributed by atoms with E-state index in [2.05, 4.69) is 0 Å². The fraction of sp³-hybridized carbons (Fsp3) is 1.00. The number of quaternary nitrogens is 1. The molecule has 0 bridgehead atoms. The lowest BCUT2D eigenvalue weighted by Crippen LogP contribution is -2.73. The van der Waals surface area contributed by atoms with Crippen molar-refractivity contribution in [3.63, 3.8) is 0 Å². The van der Waals surface area contributed by atoms with Crippen LogP contribution in [0.15, 0.2) is 0 Å². The monoisotopic (exact) mass is 548 g/mol. The smallest absolute Gasteiger partial charge is 0.460 e. The van der Waals surface area contributed by atoms with E-state index in [-0.39, 0.29) is 11.0 Å². The normalized spacial score (nSPS) is 16.3. The van der Waals surface area contributed by atoms with Gasteiger partial charge in [0.05, 0.1) is 27.7 Å². The van der Waals surface area contributed by atoms with Gasteiger partial charge in [-0.05, 0) is 6.42 Å². The molecule has 0 fully saturated rings. The maximum absolute atomic E-state index is 13.7. The van der Waals surface area contributed by atoms with Crippen LogP contribution < -0.4 is 0 Å². The van der Waals surface area contributed by atoms with Crippen LogP contribution >= 0.6 is 0 Å². The Kier molecular flexibility index (Phi) is 8.19. The molecule has 0 unspecified atom stereocenters. The SMILES string of the molecule is C[N+](C)(C)CCC[N-]S(=O)(=O)C(F)(F)C(F)(F)C(F)(F)C(F)(F)C(F)(F)C(F)(F)C(F)(F)F. The Balaban J connectivity index is 6.32. The van der Waals surface area contributed by atoms with Gasteiger partial charge in [0.1, 0.15) is 10.0 Å². The Morgan fingerprint density at radius 2 is 0.939 bits per heavy atom. The van der Waals surface area contributed by atoms with Gasteiger partial charge < -0.3 is 9.21 Å². The molecule has 200 valence electrons. The van der Waals surface area contributed by atoms with Gasteiger partial charge >= 0.3 is 41.0 Å². The van der Waals surface area contributed by atoms with E-state index >= 15 is 0 Å². The first kappa shape index (κ1) is 31.8. The summed E-state index contributed by atoms with van der Waals surface area (Å²) in [5.74, 6) is -41.7. The lowest BCUT2D eigenvalue weighted by Gasteiger charge is -2.42. The Morgan fingerprint density at radius 3 is 1.27 bits per heavy atom. The van der Waals surface area contributed by atoms with E-state index in [1.807, 2.05) is 4.72 Å². The van der Waals surface area contributed by atoms with E-state index in [0.717, 1.165) is 0 Å². The lowest BCUT2D eigenvalue weighted by molar-refractivity contribution is -0.870. The van der Waals surface area contributed by atoms with Gasteiger partial charge in [-0.3, -0.25) is 0 Å². The van der Waals surface area contributed by atoms with Gasteiger partial charge in [0.25, 0.3) is 0 Å². The van der Waals surface area contributed by atoms with Crippen LogP contribution in [0.2, 0.25) is 0 Å². The highest BCUT2D eigenvalue weighted by Crippen LogP contribution is 2.63. The number of alkyl halides is 15. The predicted molar refractivity (Wildman–Crippen MR) is 80.4 cm³/mol. The summed E-state index contributed by atoms with van der Waals surface area (Å²) in [5, 5.41) is -7.44. The van der Waals surface area contributed by atoms with Crippen molar-refractivity contribution in [3.8, 4) is 0 Å². The van der Waals surface area contributed by atoms with Crippen LogP contribution in [-0.4, -0.2) is 88.2 Å². The standard InChI is InChI=1S/C13H15F15N2O2S/c1-30(2,3)6-4-5-29-33(31,32)13(27,28)11(22,23)9(18,19)7(14,15)8(16,17)10(20,21)12(24,25)26/h4-6H2,1-3H3. The molecule has 0 spiro atoms. The van der Waals surface area contributed by atoms with Gasteiger partial charge in [-0.1, -0.05) is 0 Å². The summed E-state index contributed by atoms with van der Waals surface area (Å²) in [6.07, 6.45) is -8.23. The van der Waals surface area contributed by atoms with Crippen LogP contribution in [0.5, 0.6) is 0 Å². The predicted octanol–water partition coefficient (Wildman–Crippen LogP) is 5.12. The van der Waals surface area contributed by atoms with Crippen molar-refractivity contribution in [2.24, 2.45) is 0 Å². The summed E-state index contributed by atoms with van der Waals surface area (Å²) in [4.78, 5) is 0. The second-order valence-electron chi connectivity index (χ2n) is 7.58. The van der Waals surface area contributed by atoms with Gasteiger partial charge in [-0.2, -0.15) is 65.9 Å². The van der Waals surface area contributed by atoms with E-state index in [1.165, 1.54) is 21.1 Å². The molecule has 0 amide bonds. The second-order valence-corrected chi connectivity index (χ2v) is 9.30. The summed E-state index contributed by atoms with van der Waals surface area (Å²) in [5.41, 5.74) is 0. The molecular weight excluding hydrogens is 533 g/mol. The molecular formula is C13H15F15N2O2S. The number of nitrogens with zero attached hydrogens (tertiary/aromatic N) is 2. The number of halogens is 15. The average molecular weight is 548 g/mol. The summed E-state index contributed by atoms with van der Waals surface area (Å²) < 4.78 is 220. The van der Waals surface area contributed by atoms with E-state index in [0.29, 0.717) is 0 Å². The van der Waals surface area contributed by atoms with Gasteiger partial charge in [0.2, 0.25) is 0 Å². The topological polar surface area (TPSA) is 48.2 Å². The average Bonchev–Trinajstić information content (AvgIpc) is 2.55. The van der Waals surface area contributed by atoms with Crippen molar-refractivity contribution >= 4 is 10.0 Å². The summed E-state index contributed by atoms with van der Waals surface area (Å²) in [6.45, 7) is -1.40. The molecule has 0 aromatic heterocycles. The minimum Gasteiger partial charge on any atom is -0.543 e. The highest BCUT2D eigenvalue weighted by molar-refractivity contribution is 7.95. The zero-order chi connectivity index (χ0) is 27.3. The maximum Gasteiger partial charge on any atom is 0.460 e. The largest absolute Gasteiger partial charge is 0.543 e. The van der Waals surface area contributed by atoms with Crippen LogP contribution in [0.3, 0.4) is 0 Å². The molecule has 0 atom stereocenters. The van der Waals surface area contributed by atoms with Crippen molar-refractivity contribution < 1.29 is 78.8 Å². The third-order valence-corrected chi connectivity index (χ3v) is 5.30. The van der Waals surface area contributed by atoms with Gasteiger partial charge in [-0.15, -0.1) is 6.54 Å². The molecule has 0 aliphatic carbocycles. The fourth-order valence-corrected chi connectivity index (χ4v) is 2.91. The van der Waals surface area contributed by atoms with Crippen LogP contribution in [0.4, 0.5) is 65.9 Å². The van der Waals surface area contributed by atoms with E-state index < -0.39 is 64.0 Å². The highest BCUT2D eigenvalue weighted by atomic mass is 32.2. The fourth-order valence-electron chi connectivity index (χ4n) is 1.93. The summed E-state index contributed by atoms with van der Waals surface area (Å²) >= 11 is 0. The van der Waals surface area contributed by atoms with Crippen molar-refractivity contribution in [1.82, 2.24) is 0 Å². The molecule has 33 heavy (non-hydrogen) atoms. The minimum atomic E-state index is -8.55. The third kappa shape index (κ3) is 5.10. The molecule has 0 rings (SSSR count). The minimum absolute atomic E-state index is 0.00884. The van der Waals surface area contributed by atoms with E-state index in [4.69, 9.17) is 0 Å². The van der Waals surface area contributed by atoms with Crippen molar-refractivity contribution in [1.29, 1.82) is 0 Å². The summed E-state index contributed by atoms with van der Waals surface area (Å²) in [6, 6.07) is 0. The maximum atomic E-state index is 13.7. The van der Waals surface area contributed by atoms with Gasteiger partial charge in [0.15, 0.2) is 0 Å². The number of sulfonamides is 1. The molecule has 0 radical (unpaired) electrons. The highest BCUT2D eigenvalue weighted by Gasteiger charge is 2.94. The van der Waals surface area contributed by atoms with E-state index in [9.17, 15) is 74.3 Å². The number of hydrogen-bond donors (Lipinski definition) is 0. The lowest BCUT2D eigenvalue weighted by atomic mass is 9.94. The van der Waals surface area contributed by atoms with Crippen molar-refractivity contribution in [3.05, 3.63) is 4.72 Å². The first-order chi connectivity index (χ1) is 14.0. The molecule has 20 heteroatoms. The molecule has 0 saturated carbocycles. The molecule has 0 aromatic rings. The molecule has 0 aromatic carbocycles. The number of hydrogen-bond acceptors (Lipinski definition) is 2. The molecule has 4 nitrogen and oxygen atoms in total. The van der Waals surface area contributed by atoms with Crippen LogP contribution in [-0.2, 0) is 10.0 Å².